The van der Waals surface area contributed by atoms with Crippen LogP contribution in [0.2, 0.25) is 0 Å². The standard InChI is InChI=1S/C15H22O4/c1-8-4-5-11-10(3)15(18)19-14(11)6-9(2)13(17)7-12(8)16/h4,9-12,14,16H,5-7H2,1-3H3/b8-4-/t9-,10-,11-,12-,14-/m0/s1. The highest BCUT2D eigenvalue weighted by Crippen LogP contribution is 2.36. The van der Waals surface area contributed by atoms with Crippen LogP contribution >= 0.6 is 0 Å². The maximum Gasteiger partial charge on any atom is 0.309 e. The molecular weight excluding hydrogens is 244 g/mol. The summed E-state index contributed by atoms with van der Waals surface area (Å²) in [7, 11) is 0. The number of allylic oxidation sites excluding steroid dienone is 1. The van der Waals surface area contributed by atoms with Crippen molar-refractivity contribution in [1.82, 2.24) is 0 Å². The average molecular weight is 266 g/mol. The predicted octanol–water partition coefficient (Wildman–Crippen LogP) is 1.86. The molecule has 0 radical (unpaired) electrons. The molecule has 0 aromatic carbocycles. The molecule has 1 heterocycles. The van der Waals surface area contributed by atoms with E-state index in [-0.39, 0.29) is 42.0 Å². The number of Topliss-reactive ketones (excluding diaryl/α,β-unsaturated/α-hetero) is 1. The lowest BCUT2D eigenvalue weighted by atomic mass is 9.81. The molecular formula is C15H22O4. The van der Waals surface area contributed by atoms with Gasteiger partial charge in [-0.15, -0.1) is 0 Å². The Kier molecular flexibility index (Phi) is 4.09. The van der Waals surface area contributed by atoms with Gasteiger partial charge in [-0.2, -0.15) is 0 Å². The van der Waals surface area contributed by atoms with Gasteiger partial charge in [-0.3, -0.25) is 9.59 Å². The van der Waals surface area contributed by atoms with E-state index in [1.54, 1.807) is 0 Å². The lowest BCUT2D eigenvalue weighted by Gasteiger charge is -2.24. The van der Waals surface area contributed by atoms with Gasteiger partial charge < -0.3 is 9.84 Å². The highest BCUT2D eigenvalue weighted by Gasteiger charge is 2.42. The molecule has 1 aliphatic carbocycles. The molecule has 0 spiro atoms. The molecule has 2 rings (SSSR count). The van der Waals surface area contributed by atoms with E-state index in [1.807, 2.05) is 26.8 Å². The van der Waals surface area contributed by atoms with Crippen LogP contribution in [-0.4, -0.2) is 29.1 Å². The molecule has 1 aliphatic heterocycles. The van der Waals surface area contributed by atoms with Gasteiger partial charge in [0.05, 0.1) is 12.0 Å². The molecule has 4 nitrogen and oxygen atoms in total. The van der Waals surface area contributed by atoms with Crippen LogP contribution in [0.15, 0.2) is 11.6 Å². The summed E-state index contributed by atoms with van der Waals surface area (Å²) in [6, 6.07) is 0. The molecule has 106 valence electrons. The van der Waals surface area contributed by atoms with Gasteiger partial charge in [0.15, 0.2) is 0 Å². The fraction of sp³-hybridized carbons (Fsp3) is 0.733. The van der Waals surface area contributed by atoms with Crippen molar-refractivity contribution in [3.05, 3.63) is 11.6 Å². The van der Waals surface area contributed by atoms with Crippen LogP contribution in [0.4, 0.5) is 0 Å². The maximum atomic E-state index is 12.0. The van der Waals surface area contributed by atoms with E-state index in [0.717, 1.165) is 12.0 Å². The third kappa shape index (κ3) is 2.89. The smallest absolute Gasteiger partial charge is 0.309 e. The molecule has 5 atom stereocenters. The van der Waals surface area contributed by atoms with E-state index in [2.05, 4.69) is 0 Å². The Balaban J connectivity index is 2.26. The second-order valence-electron chi connectivity index (χ2n) is 5.93. The Bertz CT molecular complexity index is 412. The second-order valence-corrected chi connectivity index (χ2v) is 5.93. The summed E-state index contributed by atoms with van der Waals surface area (Å²) >= 11 is 0. The number of esters is 1. The Labute approximate surface area is 113 Å². The molecule has 0 aromatic rings. The van der Waals surface area contributed by atoms with Crippen LogP contribution < -0.4 is 0 Å². The molecule has 4 heteroatoms. The molecule has 2 aliphatic rings. The van der Waals surface area contributed by atoms with Crippen LogP contribution in [0.5, 0.6) is 0 Å². The van der Waals surface area contributed by atoms with Gasteiger partial charge in [0.1, 0.15) is 11.9 Å². The van der Waals surface area contributed by atoms with Crippen molar-refractivity contribution >= 4 is 11.8 Å². The van der Waals surface area contributed by atoms with E-state index in [9.17, 15) is 14.7 Å². The maximum absolute atomic E-state index is 12.0. The Morgan fingerprint density at radius 3 is 2.68 bits per heavy atom. The number of fused-ring (bicyclic) bond motifs is 1. The van der Waals surface area contributed by atoms with Crippen molar-refractivity contribution in [2.75, 3.05) is 0 Å². The number of ketones is 1. The fourth-order valence-corrected chi connectivity index (χ4v) is 2.91. The highest BCUT2D eigenvalue weighted by atomic mass is 16.6. The van der Waals surface area contributed by atoms with Crippen molar-refractivity contribution in [1.29, 1.82) is 0 Å². The normalized spacial score (nSPS) is 43.2. The monoisotopic (exact) mass is 266 g/mol. The first kappa shape index (κ1) is 14.3. The largest absolute Gasteiger partial charge is 0.462 e. The minimum Gasteiger partial charge on any atom is -0.462 e. The molecule has 1 fully saturated rings. The molecule has 0 saturated carbocycles. The summed E-state index contributed by atoms with van der Waals surface area (Å²) in [5, 5.41) is 9.96. The lowest BCUT2D eigenvalue weighted by Crippen LogP contribution is -2.28. The van der Waals surface area contributed by atoms with Gasteiger partial charge >= 0.3 is 5.97 Å². The first-order valence-corrected chi connectivity index (χ1v) is 6.98. The predicted molar refractivity (Wildman–Crippen MR) is 70.3 cm³/mol. The number of aliphatic hydroxyl groups excluding tert-OH is 1. The summed E-state index contributed by atoms with van der Waals surface area (Å²) in [6.45, 7) is 5.57. The quantitative estimate of drug-likeness (QED) is 0.537. The topological polar surface area (TPSA) is 63.6 Å². The number of carbonyl (C=O) groups excluding carboxylic acids is 2. The van der Waals surface area contributed by atoms with Gasteiger partial charge in [-0.05, 0) is 25.3 Å². The van der Waals surface area contributed by atoms with E-state index in [0.29, 0.717) is 6.42 Å². The van der Waals surface area contributed by atoms with Crippen molar-refractivity contribution in [2.24, 2.45) is 17.8 Å². The van der Waals surface area contributed by atoms with Crippen molar-refractivity contribution < 1.29 is 19.4 Å². The van der Waals surface area contributed by atoms with E-state index in [1.165, 1.54) is 0 Å². The van der Waals surface area contributed by atoms with E-state index in [4.69, 9.17) is 4.74 Å². The van der Waals surface area contributed by atoms with Crippen LogP contribution in [-0.2, 0) is 14.3 Å². The number of rotatable bonds is 0. The summed E-state index contributed by atoms with van der Waals surface area (Å²) < 4.78 is 5.41. The van der Waals surface area contributed by atoms with Crippen LogP contribution in [0.1, 0.15) is 40.0 Å². The summed E-state index contributed by atoms with van der Waals surface area (Å²) in [6.07, 6.45) is 2.54. The van der Waals surface area contributed by atoms with Gasteiger partial charge in [-0.1, -0.05) is 19.9 Å². The molecule has 1 N–H and O–H groups in total. The third-order valence-electron chi connectivity index (χ3n) is 4.53. The summed E-state index contributed by atoms with van der Waals surface area (Å²) in [4.78, 5) is 23.7. The molecule has 0 amide bonds. The average Bonchev–Trinajstić information content (AvgIpc) is 2.61. The SMILES string of the molecule is C/C1=C/C[C@@H]2[C@H](C[C@H](C)C(=O)C[C@@H]1O)OC(=O)[C@H]2C. The van der Waals surface area contributed by atoms with Crippen LogP contribution in [0.25, 0.3) is 0 Å². The van der Waals surface area contributed by atoms with Crippen LogP contribution in [0.3, 0.4) is 0 Å². The fourth-order valence-electron chi connectivity index (χ4n) is 2.91. The zero-order valence-corrected chi connectivity index (χ0v) is 11.8. The number of ether oxygens (including phenoxy) is 1. The Hall–Kier alpha value is -1.16. The highest BCUT2D eigenvalue weighted by molar-refractivity contribution is 5.82. The summed E-state index contributed by atoms with van der Waals surface area (Å²) in [5.74, 6) is -0.320. The first-order valence-electron chi connectivity index (χ1n) is 6.98. The minimum absolute atomic E-state index is 0.0384. The Morgan fingerprint density at radius 1 is 1.32 bits per heavy atom. The van der Waals surface area contributed by atoms with Gasteiger partial charge in [0.25, 0.3) is 0 Å². The van der Waals surface area contributed by atoms with Gasteiger partial charge in [0.2, 0.25) is 0 Å². The van der Waals surface area contributed by atoms with Crippen molar-refractivity contribution in [3.8, 4) is 0 Å². The summed E-state index contributed by atoms with van der Waals surface area (Å²) in [5.41, 5.74) is 0.813. The number of hydrogen-bond acceptors (Lipinski definition) is 4. The molecule has 19 heavy (non-hydrogen) atoms. The molecule has 0 bridgehead atoms. The number of hydrogen-bond donors (Lipinski definition) is 1. The van der Waals surface area contributed by atoms with Crippen molar-refractivity contribution in [2.45, 2.75) is 52.2 Å². The Morgan fingerprint density at radius 2 is 2.00 bits per heavy atom. The van der Waals surface area contributed by atoms with Gasteiger partial charge in [-0.25, -0.2) is 0 Å². The second kappa shape index (κ2) is 5.45. The number of carbonyl (C=O) groups is 2. The van der Waals surface area contributed by atoms with E-state index >= 15 is 0 Å². The zero-order valence-electron chi connectivity index (χ0n) is 11.8. The molecule has 1 saturated heterocycles. The van der Waals surface area contributed by atoms with Crippen molar-refractivity contribution in [3.63, 3.8) is 0 Å². The zero-order chi connectivity index (χ0) is 14.2. The van der Waals surface area contributed by atoms with E-state index < -0.39 is 6.10 Å². The minimum atomic E-state index is -0.695. The number of aliphatic hydroxyl groups is 1. The lowest BCUT2D eigenvalue weighted by molar-refractivity contribution is -0.145. The first-order chi connectivity index (χ1) is 8.90. The van der Waals surface area contributed by atoms with Crippen LogP contribution in [0, 0.1) is 17.8 Å². The molecule has 0 aromatic heterocycles. The molecule has 0 unspecified atom stereocenters. The van der Waals surface area contributed by atoms with Gasteiger partial charge in [0, 0.05) is 18.3 Å². The third-order valence-corrected chi connectivity index (χ3v) is 4.53.